The Hall–Kier alpha value is -3.54. The molecule has 1 heterocycles. The van der Waals surface area contributed by atoms with Crippen molar-refractivity contribution >= 4 is 23.4 Å². The molecule has 31 heavy (non-hydrogen) atoms. The van der Waals surface area contributed by atoms with E-state index in [1.165, 1.54) is 18.2 Å². The van der Waals surface area contributed by atoms with Crippen LogP contribution in [0.3, 0.4) is 0 Å². The van der Waals surface area contributed by atoms with E-state index in [-0.39, 0.29) is 5.41 Å². The van der Waals surface area contributed by atoms with Crippen LogP contribution >= 0.6 is 0 Å². The summed E-state index contributed by atoms with van der Waals surface area (Å²) in [7, 11) is 9.53. The van der Waals surface area contributed by atoms with Gasteiger partial charge in [0, 0.05) is 62.7 Å². The molecule has 4 rings (SSSR count). The Kier molecular flexibility index (Phi) is 5.31. The molecular formula is C25H28N4O2. The van der Waals surface area contributed by atoms with Crippen LogP contribution < -0.4 is 9.80 Å². The second-order valence-electron chi connectivity index (χ2n) is 8.32. The van der Waals surface area contributed by atoms with Crippen LogP contribution in [0.5, 0.6) is 0 Å². The number of esters is 1. The fourth-order valence-corrected chi connectivity index (χ4v) is 4.19. The molecule has 0 spiro atoms. The highest BCUT2D eigenvalue weighted by Crippen LogP contribution is 2.42. The largest absolute Gasteiger partial charge is 0.464 e. The molecule has 3 aromatic rings. The van der Waals surface area contributed by atoms with Gasteiger partial charge in [-0.2, -0.15) is 5.10 Å². The van der Waals surface area contributed by atoms with Crippen molar-refractivity contribution in [3.8, 4) is 0 Å². The summed E-state index contributed by atoms with van der Waals surface area (Å²) < 4.78 is 4.89. The maximum Gasteiger partial charge on any atom is 0.359 e. The highest BCUT2D eigenvalue weighted by molar-refractivity contribution is 5.92. The number of hydrogen-bond acceptors (Lipinski definition) is 5. The molecule has 0 saturated carbocycles. The molecule has 1 aromatic heterocycles. The van der Waals surface area contributed by atoms with Crippen molar-refractivity contribution in [2.45, 2.75) is 11.8 Å². The summed E-state index contributed by atoms with van der Waals surface area (Å²) in [5, 5.41) is 7.31. The quantitative estimate of drug-likeness (QED) is 0.640. The molecule has 0 unspecified atom stereocenters. The molecule has 0 radical (unpaired) electrons. The molecule has 1 aliphatic carbocycles. The summed E-state index contributed by atoms with van der Waals surface area (Å²) in [6, 6.07) is 17.3. The second kappa shape index (κ2) is 7.95. The number of anilines is 2. The van der Waals surface area contributed by atoms with Crippen LogP contribution in [0.1, 0.15) is 32.9 Å². The summed E-state index contributed by atoms with van der Waals surface area (Å²) in [4.78, 5) is 16.3. The number of carbonyl (C=O) groups excluding carboxylic acids is 1. The van der Waals surface area contributed by atoms with Crippen molar-refractivity contribution < 1.29 is 9.53 Å². The van der Waals surface area contributed by atoms with Gasteiger partial charge in [-0.25, -0.2) is 4.79 Å². The molecule has 1 N–H and O–H groups in total. The second-order valence-corrected chi connectivity index (χ2v) is 8.32. The summed E-state index contributed by atoms with van der Waals surface area (Å²) in [6.07, 6.45) is 4.85. The number of carbonyl (C=O) groups is 1. The first-order chi connectivity index (χ1) is 14.9. The van der Waals surface area contributed by atoms with Crippen LogP contribution in [0, 0.1) is 0 Å². The molecule has 160 valence electrons. The van der Waals surface area contributed by atoms with Crippen LogP contribution in [0.2, 0.25) is 0 Å². The number of nitrogens with one attached hydrogen (secondary N) is 1. The Morgan fingerprint density at radius 3 is 1.90 bits per heavy atom. The van der Waals surface area contributed by atoms with Crippen molar-refractivity contribution in [3.05, 3.63) is 82.7 Å². The van der Waals surface area contributed by atoms with E-state index in [2.05, 4.69) is 74.6 Å². The number of hydrogen-bond donors (Lipinski definition) is 1. The predicted octanol–water partition coefficient (Wildman–Crippen LogP) is 3.88. The Bertz CT molecular complexity index is 1060. The average molecular weight is 417 g/mol. The maximum atomic E-state index is 12.1. The van der Waals surface area contributed by atoms with Gasteiger partial charge in [-0.3, -0.25) is 5.10 Å². The lowest BCUT2D eigenvalue weighted by molar-refractivity contribution is 0.0593. The van der Waals surface area contributed by atoms with Gasteiger partial charge in [0.15, 0.2) is 5.69 Å². The van der Waals surface area contributed by atoms with Crippen LogP contribution in [0.4, 0.5) is 11.4 Å². The number of fused-ring (bicyclic) bond motifs is 1. The third-order valence-electron chi connectivity index (χ3n) is 6.05. The number of ether oxygens (including phenoxy) is 1. The third-order valence-corrected chi connectivity index (χ3v) is 6.05. The van der Waals surface area contributed by atoms with Crippen LogP contribution in [-0.2, 0) is 16.6 Å². The van der Waals surface area contributed by atoms with Gasteiger partial charge in [-0.15, -0.1) is 0 Å². The van der Waals surface area contributed by atoms with Crippen molar-refractivity contribution in [1.82, 2.24) is 10.2 Å². The van der Waals surface area contributed by atoms with Crippen molar-refractivity contribution in [3.63, 3.8) is 0 Å². The van der Waals surface area contributed by atoms with E-state index in [4.69, 9.17) is 4.74 Å². The molecule has 6 heteroatoms. The zero-order valence-electron chi connectivity index (χ0n) is 18.6. The highest BCUT2D eigenvalue weighted by Gasteiger charge is 2.37. The van der Waals surface area contributed by atoms with Gasteiger partial charge >= 0.3 is 5.97 Å². The summed E-state index contributed by atoms with van der Waals surface area (Å²) in [5.41, 5.74) is 6.36. The molecular weight excluding hydrogens is 388 g/mol. The lowest BCUT2D eigenvalue weighted by atomic mass is 9.68. The molecule has 2 aromatic carbocycles. The minimum Gasteiger partial charge on any atom is -0.464 e. The normalized spacial score (nSPS) is 14.1. The summed E-state index contributed by atoms with van der Waals surface area (Å²) in [5.74, 6) is -0.430. The smallest absolute Gasteiger partial charge is 0.359 e. The predicted molar refractivity (Wildman–Crippen MR) is 125 cm³/mol. The number of aromatic amines is 1. The van der Waals surface area contributed by atoms with E-state index in [9.17, 15) is 4.79 Å². The Balaban J connectivity index is 1.84. The van der Waals surface area contributed by atoms with Crippen LogP contribution in [-0.4, -0.2) is 51.5 Å². The van der Waals surface area contributed by atoms with Crippen LogP contribution in [0.15, 0.2) is 54.6 Å². The molecule has 6 nitrogen and oxygen atoms in total. The van der Waals surface area contributed by atoms with E-state index < -0.39 is 5.97 Å². The molecule has 0 bridgehead atoms. The van der Waals surface area contributed by atoms with Gasteiger partial charge in [-0.1, -0.05) is 36.4 Å². The fraction of sp³-hybridized carbons (Fsp3) is 0.280. The maximum absolute atomic E-state index is 12.1. The third kappa shape index (κ3) is 3.58. The van der Waals surface area contributed by atoms with Crippen molar-refractivity contribution in [1.29, 1.82) is 0 Å². The molecule has 0 saturated heterocycles. The molecule has 1 aliphatic rings. The number of allylic oxidation sites excluding steroid dienone is 1. The standard InChI is InChI=1S/C25H28N4O2/c1-28(2)19-10-6-17(7-11-19)25(18-8-12-20(13-9-18)29(3)4)15-14-21-22(16-25)26-27-23(21)24(30)31-5/h6-15H,16H2,1-5H3,(H,26,27). The zero-order valence-corrected chi connectivity index (χ0v) is 18.6. The van der Waals surface area contributed by atoms with Crippen molar-refractivity contribution in [2.75, 3.05) is 45.1 Å². The van der Waals surface area contributed by atoms with E-state index in [1.807, 2.05) is 34.3 Å². The molecule has 0 atom stereocenters. The van der Waals surface area contributed by atoms with Gasteiger partial charge in [0.25, 0.3) is 0 Å². The lowest BCUT2D eigenvalue weighted by Gasteiger charge is -2.35. The molecule has 0 amide bonds. The molecule has 0 aliphatic heterocycles. The number of aromatic nitrogens is 2. The molecule has 0 fully saturated rings. The number of rotatable bonds is 5. The van der Waals surface area contributed by atoms with E-state index in [0.29, 0.717) is 12.1 Å². The minimum atomic E-state index is -0.430. The topological polar surface area (TPSA) is 61.5 Å². The van der Waals surface area contributed by atoms with E-state index >= 15 is 0 Å². The average Bonchev–Trinajstić information content (AvgIpc) is 3.21. The Labute approximate surface area is 183 Å². The first-order valence-electron chi connectivity index (χ1n) is 10.3. The van der Waals surface area contributed by atoms with E-state index in [0.717, 1.165) is 22.6 Å². The van der Waals surface area contributed by atoms with Crippen molar-refractivity contribution in [2.24, 2.45) is 0 Å². The number of H-pyrrole nitrogens is 1. The first kappa shape index (κ1) is 20.7. The lowest BCUT2D eigenvalue weighted by Crippen LogP contribution is -2.31. The highest BCUT2D eigenvalue weighted by atomic mass is 16.5. The number of methoxy groups -OCH3 is 1. The van der Waals surface area contributed by atoms with Gasteiger partial charge < -0.3 is 14.5 Å². The Morgan fingerprint density at radius 2 is 1.45 bits per heavy atom. The monoisotopic (exact) mass is 416 g/mol. The number of benzene rings is 2. The Morgan fingerprint density at radius 1 is 0.935 bits per heavy atom. The minimum absolute atomic E-state index is 0.327. The van der Waals surface area contributed by atoms with Gasteiger partial charge in [0.1, 0.15) is 0 Å². The van der Waals surface area contributed by atoms with Gasteiger partial charge in [0.2, 0.25) is 0 Å². The SMILES string of the molecule is COC(=O)c1n[nH]c2c1C=CC(c1ccc(N(C)C)cc1)(c1ccc(N(C)C)cc1)C2. The first-order valence-corrected chi connectivity index (χ1v) is 10.3. The van der Waals surface area contributed by atoms with Gasteiger partial charge in [0.05, 0.1) is 7.11 Å². The van der Waals surface area contributed by atoms with E-state index in [1.54, 1.807) is 0 Å². The fourth-order valence-electron chi connectivity index (χ4n) is 4.19. The zero-order chi connectivity index (χ0) is 22.2. The van der Waals surface area contributed by atoms with Gasteiger partial charge in [-0.05, 0) is 35.4 Å². The van der Waals surface area contributed by atoms with Crippen LogP contribution in [0.25, 0.3) is 6.08 Å². The number of nitrogens with zero attached hydrogens (tertiary/aromatic N) is 3. The summed E-state index contributed by atoms with van der Waals surface area (Å²) in [6.45, 7) is 0. The summed E-state index contributed by atoms with van der Waals surface area (Å²) >= 11 is 0.